The summed E-state index contributed by atoms with van der Waals surface area (Å²) in [6, 6.07) is 0. The molecule has 5 atom stereocenters. The molecule has 5 aliphatic rings. The smallest absolute Gasteiger partial charge is 0.330 e. The molecule has 0 amide bonds. The fourth-order valence-electron chi connectivity index (χ4n) is 8.46. The molecule has 6 rings (SSSR count). The minimum atomic E-state index is -1.54. The summed E-state index contributed by atoms with van der Waals surface area (Å²) in [5.74, 6) is -1.70. The molecule has 1 unspecified atom stereocenters. The number of hydrogen-bond donors (Lipinski definition) is 2. The van der Waals surface area contributed by atoms with Crippen LogP contribution < -0.4 is 9.47 Å². The Morgan fingerprint density at radius 3 is 2.31 bits per heavy atom. The van der Waals surface area contributed by atoms with Gasteiger partial charge >= 0.3 is 5.97 Å². The van der Waals surface area contributed by atoms with Gasteiger partial charge in [-0.2, -0.15) is 0 Å². The summed E-state index contributed by atoms with van der Waals surface area (Å²) in [5.41, 5.74) is -1.83. The molecule has 3 heterocycles. The summed E-state index contributed by atoms with van der Waals surface area (Å²) >= 11 is 0. The lowest BCUT2D eigenvalue weighted by Crippen LogP contribution is -2.46. The molecule has 1 spiro atoms. The topological polar surface area (TPSA) is 119 Å². The van der Waals surface area contributed by atoms with E-state index in [0.29, 0.717) is 42.6 Å². The highest BCUT2D eigenvalue weighted by Gasteiger charge is 2.96. The molecule has 2 aliphatic carbocycles. The van der Waals surface area contributed by atoms with Gasteiger partial charge in [-0.05, 0) is 107 Å². The first-order chi connectivity index (χ1) is 22.3. The Labute approximate surface area is 283 Å². The van der Waals surface area contributed by atoms with Crippen molar-refractivity contribution in [2.45, 2.75) is 123 Å². The third-order valence-corrected chi connectivity index (χ3v) is 11.2. The molecule has 0 aromatic heterocycles. The van der Waals surface area contributed by atoms with Gasteiger partial charge < -0.3 is 24.4 Å². The molecule has 2 fully saturated rings. The summed E-state index contributed by atoms with van der Waals surface area (Å²) in [5, 5.41) is 21.6. The zero-order valence-electron chi connectivity index (χ0n) is 29.6. The number of phenols is 1. The average molecular weight is 657 g/mol. The summed E-state index contributed by atoms with van der Waals surface area (Å²) in [6.45, 7) is 17.3. The van der Waals surface area contributed by atoms with Crippen LogP contribution in [0.3, 0.4) is 0 Å². The maximum Gasteiger partial charge on any atom is 0.330 e. The summed E-state index contributed by atoms with van der Waals surface area (Å²) < 4.78 is 20.9. The minimum Gasteiger partial charge on any atom is -0.506 e. The number of aromatic hydroxyl groups is 1. The highest BCUT2D eigenvalue weighted by Crippen LogP contribution is 2.79. The van der Waals surface area contributed by atoms with Gasteiger partial charge in [-0.25, -0.2) is 4.79 Å². The maximum atomic E-state index is 14.9. The van der Waals surface area contributed by atoms with E-state index in [1.807, 2.05) is 52.8 Å². The van der Waals surface area contributed by atoms with Gasteiger partial charge in [0.05, 0.1) is 11.2 Å². The van der Waals surface area contributed by atoms with Gasteiger partial charge in [-0.15, -0.1) is 0 Å². The number of carboxylic acid groups (broad SMARTS) is 1. The number of carbonyl (C=O) groups is 3. The Bertz CT molecular complexity index is 1790. The van der Waals surface area contributed by atoms with E-state index < -0.39 is 45.5 Å². The molecule has 1 saturated carbocycles. The third-order valence-electron chi connectivity index (χ3n) is 11.2. The van der Waals surface area contributed by atoms with Crippen molar-refractivity contribution in [2.75, 3.05) is 0 Å². The summed E-state index contributed by atoms with van der Waals surface area (Å²) in [7, 11) is 0. The SMILES string of the molecule is CC(C)=CCC[C@@]1(C)C=Cc2c(O)c3c(c(CC=C(C)C)c2O1)O[C@@]12C(=C[C@@H]4CCC(C)(C)O[C@@]1(C/C=C(/C)C(=O)O)C2(C)C4=O)C3=O. The van der Waals surface area contributed by atoms with Crippen LogP contribution in [-0.2, 0) is 20.7 Å². The van der Waals surface area contributed by atoms with Crippen LogP contribution >= 0.6 is 0 Å². The van der Waals surface area contributed by atoms with E-state index in [4.69, 9.17) is 14.2 Å². The van der Waals surface area contributed by atoms with E-state index >= 15 is 0 Å². The Kier molecular flexibility index (Phi) is 7.83. The lowest BCUT2D eigenvalue weighted by Gasteiger charge is -2.39. The van der Waals surface area contributed by atoms with Crippen LogP contribution in [0.1, 0.15) is 116 Å². The van der Waals surface area contributed by atoms with Crippen LogP contribution in [0.2, 0.25) is 0 Å². The Balaban J connectivity index is 1.60. The number of benzene rings is 1. The van der Waals surface area contributed by atoms with E-state index in [9.17, 15) is 24.6 Å². The van der Waals surface area contributed by atoms with Crippen molar-refractivity contribution in [3.8, 4) is 17.2 Å². The van der Waals surface area contributed by atoms with Crippen LogP contribution in [-0.4, -0.2) is 50.2 Å². The Hall–Kier alpha value is -3.91. The molecule has 2 bridgehead atoms. The van der Waals surface area contributed by atoms with E-state index in [1.54, 1.807) is 19.1 Å². The van der Waals surface area contributed by atoms with Gasteiger partial charge in [0.2, 0.25) is 0 Å². The van der Waals surface area contributed by atoms with E-state index in [1.165, 1.54) is 12.5 Å². The Morgan fingerprint density at radius 1 is 0.979 bits per heavy atom. The zero-order valence-corrected chi connectivity index (χ0v) is 29.6. The van der Waals surface area contributed by atoms with Crippen molar-refractivity contribution in [1.29, 1.82) is 0 Å². The molecule has 2 N–H and O–H groups in total. The molecule has 8 heteroatoms. The normalized spacial score (nSPS) is 32.2. The van der Waals surface area contributed by atoms with E-state index in [-0.39, 0.29) is 40.4 Å². The molecule has 0 radical (unpaired) electrons. The van der Waals surface area contributed by atoms with E-state index in [2.05, 4.69) is 19.9 Å². The largest absolute Gasteiger partial charge is 0.506 e. The number of ether oxygens (including phenoxy) is 3. The number of ketones is 2. The van der Waals surface area contributed by atoms with Crippen LogP contribution in [0.15, 0.2) is 52.7 Å². The van der Waals surface area contributed by atoms with Gasteiger partial charge in [0.15, 0.2) is 17.2 Å². The second-order valence-electron chi connectivity index (χ2n) is 15.7. The Morgan fingerprint density at radius 2 is 1.67 bits per heavy atom. The molecule has 256 valence electrons. The average Bonchev–Trinajstić information content (AvgIpc) is 3.42. The maximum absolute atomic E-state index is 14.9. The number of rotatable bonds is 8. The zero-order chi connectivity index (χ0) is 35.2. The fourth-order valence-corrected chi connectivity index (χ4v) is 8.46. The fraction of sp³-hybridized carbons (Fsp3) is 0.525. The van der Waals surface area contributed by atoms with Gasteiger partial charge in [0.1, 0.15) is 39.4 Å². The third kappa shape index (κ3) is 4.69. The first kappa shape index (κ1) is 34.0. The highest BCUT2D eigenvalue weighted by molar-refractivity contribution is 6.20. The molecular formula is C40H48O8. The number of carboxylic acids is 1. The van der Waals surface area contributed by atoms with Crippen molar-refractivity contribution in [1.82, 2.24) is 0 Å². The van der Waals surface area contributed by atoms with E-state index in [0.717, 1.165) is 12.0 Å². The number of aliphatic carboxylic acids is 1. The lowest BCUT2D eigenvalue weighted by molar-refractivity contribution is -0.147. The first-order valence-electron chi connectivity index (χ1n) is 17.0. The van der Waals surface area contributed by atoms with Crippen molar-refractivity contribution in [2.24, 2.45) is 11.3 Å². The number of hydrogen-bond acceptors (Lipinski definition) is 7. The number of phenolic OH excluding ortho intramolecular Hbond substituents is 1. The highest BCUT2D eigenvalue weighted by atomic mass is 16.6. The van der Waals surface area contributed by atoms with Crippen LogP contribution in [0.4, 0.5) is 0 Å². The van der Waals surface area contributed by atoms with Gasteiger partial charge in [-0.1, -0.05) is 35.5 Å². The second-order valence-corrected chi connectivity index (χ2v) is 15.7. The van der Waals surface area contributed by atoms with Crippen molar-refractivity contribution in [3.05, 3.63) is 69.4 Å². The minimum absolute atomic E-state index is 0.0470. The quantitative estimate of drug-likeness (QED) is 0.213. The number of fused-ring (bicyclic) bond motifs is 3. The van der Waals surface area contributed by atoms with Crippen molar-refractivity contribution < 1.29 is 38.8 Å². The number of carbonyl (C=O) groups excluding carboxylic acids is 2. The van der Waals surface area contributed by atoms with Gasteiger partial charge in [-0.3, -0.25) is 9.59 Å². The predicted molar refractivity (Wildman–Crippen MR) is 183 cm³/mol. The summed E-state index contributed by atoms with van der Waals surface area (Å²) in [6.07, 6.45) is 14.2. The van der Waals surface area contributed by atoms with Gasteiger partial charge in [0.25, 0.3) is 0 Å². The number of allylic oxidation sites excluding steroid dienone is 5. The van der Waals surface area contributed by atoms with Crippen LogP contribution in [0.25, 0.3) is 6.08 Å². The van der Waals surface area contributed by atoms with Crippen molar-refractivity contribution in [3.63, 3.8) is 0 Å². The van der Waals surface area contributed by atoms with Crippen LogP contribution in [0.5, 0.6) is 17.2 Å². The first-order valence-corrected chi connectivity index (χ1v) is 17.0. The molecular weight excluding hydrogens is 608 g/mol. The number of Topliss-reactive ketones (excluding diaryl/α,β-unsaturated/α-hetero) is 2. The molecule has 1 saturated heterocycles. The molecule has 48 heavy (non-hydrogen) atoms. The molecule has 1 aromatic carbocycles. The monoisotopic (exact) mass is 656 g/mol. The summed E-state index contributed by atoms with van der Waals surface area (Å²) in [4.78, 5) is 41.3. The molecule has 3 aliphatic heterocycles. The molecule has 8 nitrogen and oxygen atoms in total. The second kappa shape index (κ2) is 11.1. The lowest BCUT2D eigenvalue weighted by atomic mass is 9.73. The van der Waals surface area contributed by atoms with Gasteiger partial charge in [0, 0.05) is 29.0 Å². The molecule has 1 aromatic rings. The van der Waals surface area contributed by atoms with Crippen LogP contribution in [0, 0.1) is 11.3 Å². The predicted octanol–water partition coefficient (Wildman–Crippen LogP) is 8.02. The standard InChI is InChI=1S/C40H48O8/c1-22(2)11-10-17-37(8)19-16-26-30(41)29-31(42)28-21-25-15-18-36(6,7)48-39(20-14-24(5)35(44)45)38(9,34(25)43)40(28,39)47-33(29)27(32(26)46-37)13-12-23(3)4/h11-12,14,16,19,21,25,41H,10,13,15,17-18,20H2,1-9H3,(H,44,45)/b24-14-/t25-,37-,38?,39-,40+/m0/s1. The van der Waals surface area contributed by atoms with Crippen molar-refractivity contribution >= 4 is 23.6 Å².